The van der Waals surface area contributed by atoms with Crippen molar-refractivity contribution in [3.63, 3.8) is 0 Å². The third-order valence-electron chi connectivity index (χ3n) is 4.95. The van der Waals surface area contributed by atoms with Gasteiger partial charge in [0, 0.05) is 49.0 Å². The van der Waals surface area contributed by atoms with Crippen LogP contribution < -0.4 is 15.8 Å². The van der Waals surface area contributed by atoms with Crippen LogP contribution in [0.3, 0.4) is 0 Å². The van der Waals surface area contributed by atoms with E-state index >= 15 is 0 Å². The molecule has 1 aromatic carbocycles. The van der Waals surface area contributed by atoms with E-state index in [0.717, 1.165) is 31.9 Å². The van der Waals surface area contributed by atoms with Crippen molar-refractivity contribution < 1.29 is 0 Å². The van der Waals surface area contributed by atoms with Crippen molar-refractivity contribution in [3.05, 3.63) is 56.6 Å². The lowest BCUT2D eigenvalue weighted by atomic mass is 10.2. The van der Waals surface area contributed by atoms with E-state index in [1.165, 1.54) is 6.07 Å². The van der Waals surface area contributed by atoms with Crippen molar-refractivity contribution in [2.24, 2.45) is 0 Å². The van der Waals surface area contributed by atoms with E-state index in [1.54, 1.807) is 24.4 Å². The predicted molar refractivity (Wildman–Crippen MR) is 120 cm³/mol. The number of piperazine rings is 1. The molecule has 0 spiro atoms. The van der Waals surface area contributed by atoms with E-state index in [9.17, 15) is 4.79 Å². The van der Waals surface area contributed by atoms with Gasteiger partial charge in [-0.2, -0.15) is 0 Å². The predicted octanol–water partition coefficient (Wildman–Crippen LogP) is 3.34. The van der Waals surface area contributed by atoms with Crippen LogP contribution in [0.15, 0.2) is 35.3 Å². The van der Waals surface area contributed by atoms with Crippen molar-refractivity contribution in [2.75, 3.05) is 43.4 Å². The van der Waals surface area contributed by atoms with E-state index in [0.29, 0.717) is 32.9 Å². The fourth-order valence-electron chi connectivity index (χ4n) is 3.24. The van der Waals surface area contributed by atoms with Crippen LogP contribution in [0.25, 0.3) is 11.3 Å². The number of aromatic amines is 1. The van der Waals surface area contributed by atoms with Crippen LogP contribution in [0.5, 0.6) is 0 Å². The Bertz CT molecular complexity index is 1130. The number of likely N-dealkylation sites (N-methyl/N-ethyl adjacent to an activating group) is 1. The minimum absolute atomic E-state index is 0.268. The number of anilines is 3. The van der Waals surface area contributed by atoms with Gasteiger partial charge in [0.15, 0.2) is 0 Å². The van der Waals surface area contributed by atoms with E-state index < -0.39 is 0 Å². The highest BCUT2D eigenvalue weighted by molar-refractivity contribution is 6.36. The van der Waals surface area contributed by atoms with Gasteiger partial charge in [0.1, 0.15) is 0 Å². The van der Waals surface area contributed by atoms with Crippen molar-refractivity contribution in [2.45, 2.75) is 6.92 Å². The van der Waals surface area contributed by atoms with Crippen LogP contribution in [0.4, 0.5) is 17.6 Å². The van der Waals surface area contributed by atoms with Crippen molar-refractivity contribution in [1.82, 2.24) is 24.8 Å². The maximum Gasteiger partial charge on any atom is 0.252 e. The van der Waals surface area contributed by atoms with E-state index in [1.807, 2.05) is 6.92 Å². The smallest absolute Gasteiger partial charge is 0.252 e. The Balaban J connectivity index is 1.61. The van der Waals surface area contributed by atoms with E-state index in [4.69, 9.17) is 23.2 Å². The van der Waals surface area contributed by atoms with Crippen LogP contribution in [0.2, 0.25) is 10.0 Å². The second-order valence-corrected chi connectivity index (χ2v) is 8.03. The first-order valence-corrected chi connectivity index (χ1v) is 10.3. The van der Waals surface area contributed by atoms with Crippen LogP contribution in [0, 0.1) is 6.92 Å². The lowest BCUT2D eigenvalue weighted by Crippen LogP contribution is -2.45. The quantitative estimate of drug-likeness (QED) is 0.636. The molecule has 10 heteroatoms. The molecule has 0 unspecified atom stereocenters. The number of rotatable bonds is 4. The zero-order valence-corrected chi connectivity index (χ0v) is 18.1. The molecule has 0 aliphatic carbocycles. The second kappa shape index (κ2) is 8.59. The van der Waals surface area contributed by atoms with Crippen LogP contribution in [-0.2, 0) is 0 Å². The number of halogens is 2. The molecule has 1 fully saturated rings. The Hall–Kier alpha value is -2.68. The van der Waals surface area contributed by atoms with Gasteiger partial charge in [0.2, 0.25) is 11.9 Å². The first-order chi connectivity index (χ1) is 14.4. The van der Waals surface area contributed by atoms with Gasteiger partial charge >= 0.3 is 0 Å². The summed E-state index contributed by atoms with van der Waals surface area (Å²) >= 11 is 12.1. The molecule has 2 N–H and O–H groups in total. The summed E-state index contributed by atoms with van der Waals surface area (Å²) in [5.74, 6) is 0.963. The number of nitrogens with one attached hydrogen (secondary N) is 2. The molecule has 1 saturated heterocycles. The summed E-state index contributed by atoms with van der Waals surface area (Å²) in [6.07, 6.45) is 1.72. The van der Waals surface area contributed by atoms with Gasteiger partial charge in [-0.1, -0.05) is 23.2 Å². The summed E-state index contributed by atoms with van der Waals surface area (Å²) in [4.78, 5) is 33.0. The molecule has 8 nitrogen and oxygen atoms in total. The first kappa shape index (κ1) is 20.6. The Morgan fingerprint density at radius 2 is 1.87 bits per heavy atom. The van der Waals surface area contributed by atoms with Gasteiger partial charge in [0.05, 0.1) is 22.1 Å². The van der Waals surface area contributed by atoms with E-state index in [-0.39, 0.29) is 11.5 Å². The van der Waals surface area contributed by atoms with Crippen molar-refractivity contribution in [1.29, 1.82) is 0 Å². The number of hydrogen-bond acceptors (Lipinski definition) is 7. The molecule has 1 aliphatic heterocycles. The summed E-state index contributed by atoms with van der Waals surface area (Å²) in [7, 11) is 2.11. The third-order valence-corrected chi connectivity index (χ3v) is 5.50. The number of hydrogen-bond donors (Lipinski definition) is 2. The normalized spacial score (nSPS) is 14.7. The van der Waals surface area contributed by atoms with Gasteiger partial charge in [-0.3, -0.25) is 9.78 Å². The Labute approximate surface area is 183 Å². The topological polar surface area (TPSA) is 90.0 Å². The van der Waals surface area contributed by atoms with Gasteiger partial charge in [-0.05, 0) is 32.2 Å². The van der Waals surface area contributed by atoms with E-state index in [2.05, 4.69) is 42.1 Å². The maximum absolute atomic E-state index is 12.2. The number of nitrogens with zero attached hydrogens (tertiary/aromatic N) is 5. The van der Waals surface area contributed by atoms with Crippen molar-refractivity contribution in [3.8, 4) is 11.3 Å². The maximum atomic E-state index is 12.2. The molecule has 1 aliphatic rings. The molecular weight excluding hydrogens is 425 g/mol. The van der Waals surface area contributed by atoms with Gasteiger partial charge in [-0.25, -0.2) is 15.0 Å². The monoisotopic (exact) mass is 445 g/mol. The summed E-state index contributed by atoms with van der Waals surface area (Å²) in [5, 5.41) is 3.97. The van der Waals surface area contributed by atoms with Crippen LogP contribution in [0.1, 0.15) is 5.69 Å². The zero-order valence-electron chi connectivity index (χ0n) is 16.6. The molecule has 4 rings (SSSR count). The molecule has 3 aromatic rings. The molecule has 0 atom stereocenters. The molecule has 0 radical (unpaired) electrons. The van der Waals surface area contributed by atoms with Gasteiger partial charge in [0.25, 0.3) is 5.56 Å². The fraction of sp³-hybridized carbons (Fsp3) is 0.300. The average molecular weight is 446 g/mol. The zero-order chi connectivity index (χ0) is 21.3. The second-order valence-electron chi connectivity index (χ2n) is 7.19. The molecule has 0 saturated carbocycles. The number of aryl methyl sites for hydroxylation is 1. The number of benzene rings is 1. The summed E-state index contributed by atoms with van der Waals surface area (Å²) in [6, 6.07) is 6.46. The minimum atomic E-state index is -0.296. The summed E-state index contributed by atoms with van der Waals surface area (Å²) in [6.45, 7) is 5.61. The summed E-state index contributed by atoms with van der Waals surface area (Å²) in [5.41, 5.74) is 2.22. The fourth-order valence-corrected chi connectivity index (χ4v) is 3.69. The molecule has 0 bridgehead atoms. The third kappa shape index (κ3) is 4.56. The van der Waals surface area contributed by atoms with Gasteiger partial charge < -0.3 is 15.1 Å². The lowest BCUT2D eigenvalue weighted by Gasteiger charge is -2.32. The highest BCUT2D eigenvalue weighted by atomic mass is 35.5. The Morgan fingerprint density at radius 3 is 2.57 bits per heavy atom. The highest BCUT2D eigenvalue weighted by Gasteiger charge is 2.18. The molecule has 0 amide bonds. The molecule has 3 heterocycles. The summed E-state index contributed by atoms with van der Waals surface area (Å²) < 4.78 is 0. The molecule has 156 valence electrons. The number of H-pyrrole nitrogens is 1. The van der Waals surface area contributed by atoms with Gasteiger partial charge in [-0.15, -0.1) is 0 Å². The minimum Gasteiger partial charge on any atom is -0.338 e. The SMILES string of the molecule is Cc1nc(N2CCN(C)CC2)ncc1-c1cc(=O)[nH]c(Nc2ccc(Cl)cc2Cl)n1. The molecule has 2 aromatic heterocycles. The number of aromatic nitrogens is 4. The van der Waals surface area contributed by atoms with Crippen LogP contribution >= 0.6 is 23.2 Å². The average Bonchev–Trinajstić information content (AvgIpc) is 2.70. The standard InChI is InChI=1S/C20H21Cl2N7O/c1-12-14(11-23-20(24-12)29-7-5-28(2)6-8-29)17-10-18(30)27-19(26-17)25-16-4-3-13(21)9-15(16)22/h3-4,9-11H,5-8H2,1-2H3,(H2,25,26,27,30). The molecular formula is C20H21Cl2N7O. The van der Waals surface area contributed by atoms with Crippen molar-refractivity contribution >= 4 is 40.8 Å². The highest BCUT2D eigenvalue weighted by Crippen LogP contribution is 2.28. The first-order valence-electron chi connectivity index (χ1n) is 9.50. The largest absolute Gasteiger partial charge is 0.338 e. The van der Waals surface area contributed by atoms with Crippen LogP contribution in [-0.4, -0.2) is 58.1 Å². The lowest BCUT2D eigenvalue weighted by molar-refractivity contribution is 0.311. The Morgan fingerprint density at radius 1 is 1.10 bits per heavy atom. The Kier molecular flexibility index (Phi) is 5.90. The molecule has 30 heavy (non-hydrogen) atoms.